The van der Waals surface area contributed by atoms with Gasteiger partial charge in [0.25, 0.3) is 15.9 Å². The number of nitro groups is 1. The third-order valence-electron chi connectivity index (χ3n) is 4.34. The van der Waals surface area contributed by atoms with Gasteiger partial charge in [0.2, 0.25) is 0 Å². The fourth-order valence-corrected chi connectivity index (χ4v) is 4.90. The van der Waals surface area contributed by atoms with Gasteiger partial charge in [0.05, 0.1) is 23.2 Å². The highest BCUT2D eigenvalue weighted by Gasteiger charge is 2.34. The van der Waals surface area contributed by atoms with Gasteiger partial charge in [0, 0.05) is 45.3 Å². The molecule has 0 saturated carbocycles. The lowest BCUT2D eigenvalue weighted by Crippen LogP contribution is -2.55. The van der Waals surface area contributed by atoms with E-state index in [1.165, 1.54) is 20.7 Å². The molecule has 0 unspecified atom stereocenters. The first-order chi connectivity index (χ1) is 11.9. The zero-order valence-electron chi connectivity index (χ0n) is 13.5. The third-order valence-corrected chi connectivity index (χ3v) is 6.68. The van der Waals surface area contributed by atoms with Crippen LogP contribution in [-0.4, -0.2) is 74.4 Å². The van der Waals surface area contributed by atoms with Crippen LogP contribution in [0.1, 0.15) is 0 Å². The number of rotatable bonds is 4. The minimum Gasteiger partial charge on any atom is -0.379 e. The van der Waals surface area contributed by atoms with Crippen LogP contribution in [0.4, 0.5) is 11.4 Å². The van der Waals surface area contributed by atoms with Crippen LogP contribution in [-0.2, 0) is 14.9 Å². The van der Waals surface area contributed by atoms with Crippen LogP contribution < -0.4 is 4.90 Å². The van der Waals surface area contributed by atoms with E-state index in [0.717, 1.165) is 0 Å². The second-order valence-electron chi connectivity index (χ2n) is 5.77. The molecule has 0 aliphatic carbocycles. The molecule has 0 N–H and O–H groups in total. The summed E-state index contributed by atoms with van der Waals surface area (Å²) in [6.45, 7) is 2.67. The van der Waals surface area contributed by atoms with Crippen LogP contribution in [0.2, 0.25) is 5.02 Å². The molecule has 0 aromatic heterocycles. The van der Waals surface area contributed by atoms with Gasteiger partial charge in [-0.1, -0.05) is 17.7 Å². The van der Waals surface area contributed by atoms with Gasteiger partial charge >= 0.3 is 0 Å². The maximum absolute atomic E-state index is 12.7. The maximum Gasteiger partial charge on any atom is 0.294 e. The van der Waals surface area contributed by atoms with Crippen molar-refractivity contribution in [2.75, 3.05) is 57.4 Å². The summed E-state index contributed by atoms with van der Waals surface area (Å²) in [4.78, 5) is 12.5. The minimum absolute atomic E-state index is 0.0722. The fraction of sp³-hybridized carbons (Fsp3) is 0.571. The lowest BCUT2D eigenvalue weighted by atomic mass is 10.2. The molecule has 0 atom stereocenters. The number of benzene rings is 1. The van der Waals surface area contributed by atoms with Gasteiger partial charge in [-0.3, -0.25) is 10.1 Å². The molecule has 0 radical (unpaired) electrons. The molecule has 2 heterocycles. The van der Waals surface area contributed by atoms with E-state index in [9.17, 15) is 18.5 Å². The summed E-state index contributed by atoms with van der Waals surface area (Å²) in [6, 6.07) is 4.53. The van der Waals surface area contributed by atoms with E-state index in [4.69, 9.17) is 16.3 Å². The first-order valence-corrected chi connectivity index (χ1v) is 9.69. The van der Waals surface area contributed by atoms with E-state index in [2.05, 4.69) is 0 Å². The number of piperazine rings is 1. The van der Waals surface area contributed by atoms with Gasteiger partial charge in [-0.2, -0.15) is 17.0 Å². The highest BCUT2D eigenvalue weighted by atomic mass is 35.5. The Balaban J connectivity index is 1.73. The van der Waals surface area contributed by atoms with Crippen LogP contribution in [0.5, 0.6) is 0 Å². The number of ether oxygens (including phenoxy) is 1. The summed E-state index contributed by atoms with van der Waals surface area (Å²) in [6.07, 6.45) is 0. The summed E-state index contributed by atoms with van der Waals surface area (Å²) < 4.78 is 33.4. The van der Waals surface area contributed by atoms with Crippen molar-refractivity contribution in [3.8, 4) is 0 Å². The zero-order chi connectivity index (χ0) is 18.0. The lowest BCUT2D eigenvalue weighted by Gasteiger charge is -2.38. The number of anilines is 1. The fourth-order valence-electron chi connectivity index (χ4n) is 3.05. The molecule has 1 aromatic rings. The van der Waals surface area contributed by atoms with Crippen molar-refractivity contribution in [1.29, 1.82) is 0 Å². The number of hydrogen-bond acceptors (Lipinski definition) is 6. The van der Waals surface area contributed by atoms with E-state index < -0.39 is 15.1 Å². The van der Waals surface area contributed by atoms with Gasteiger partial charge in [-0.15, -0.1) is 0 Å². The molecule has 2 saturated heterocycles. The lowest BCUT2D eigenvalue weighted by molar-refractivity contribution is -0.384. The van der Waals surface area contributed by atoms with Crippen LogP contribution in [0.3, 0.4) is 0 Å². The second-order valence-corrected chi connectivity index (χ2v) is 8.11. The number of halogens is 1. The number of nitrogens with zero attached hydrogens (tertiary/aromatic N) is 4. The first-order valence-electron chi connectivity index (χ1n) is 7.92. The first kappa shape index (κ1) is 18.3. The Morgan fingerprint density at radius 2 is 1.64 bits per heavy atom. The van der Waals surface area contributed by atoms with Crippen LogP contribution in [0, 0.1) is 10.1 Å². The van der Waals surface area contributed by atoms with E-state index in [0.29, 0.717) is 50.1 Å². The van der Waals surface area contributed by atoms with Crippen LogP contribution >= 0.6 is 11.6 Å². The van der Waals surface area contributed by atoms with Crippen molar-refractivity contribution >= 4 is 33.2 Å². The Kier molecular flexibility index (Phi) is 5.44. The molecule has 2 fully saturated rings. The van der Waals surface area contributed by atoms with Crippen molar-refractivity contribution in [2.45, 2.75) is 0 Å². The van der Waals surface area contributed by atoms with Crippen molar-refractivity contribution in [3.05, 3.63) is 33.3 Å². The molecular formula is C14H19ClN4O5S. The normalized spacial score (nSPS) is 20.6. The Morgan fingerprint density at radius 1 is 1.04 bits per heavy atom. The average Bonchev–Trinajstić information content (AvgIpc) is 2.62. The largest absolute Gasteiger partial charge is 0.379 e. The van der Waals surface area contributed by atoms with Crippen LogP contribution in [0.25, 0.3) is 0 Å². The van der Waals surface area contributed by atoms with Gasteiger partial charge < -0.3 is 9.64 Å². The molecule has 9 nitrogen and oxygen atoms in total. The molecule has 11 heteroatoms. The van der Waals surface area contributed by atoms with E-state index in [1.54, 1.807) is 11.0 Å². The zero-order valence-corrected chi connectivity index (χ0v) is 15.1. The Hall–Kier alpha value is -1.46. The number of nitro benzene ring substituents is 1. The monoisotopic (exact) mass is 390 g/mol. The van der Waals surface area contributed by atoms with Gasteiger partial charge in [0.1, 0.15) is 5.69 Å². The maximum atomic E-state index is 12.7. The summed E-state index contributed by atoms with van der Waals surface area (Å²) in [7, 11) is -3.53. The highest BCUT2D eigenvalue weighted by molar-refractivity contribution is 7.86. The minimum atomic E-state index is -3.53. The summed E-state index contributed by atoms with van der Waals surface area (Å²) >= 11 is 6.15. The van der Waals surface area contributed by atoms with Crippen molar-refractivity contribution in [3.63, 3.8) is 0 Å². The Labute approximate surface area is 151 Å². The number of morpholine rings is 1. The summed E-state index contributed by atoms with van der Waals surface area (Å²) in [5, 5.41) is 11.5. The molecule has 3 rings (SSSR count). The van der Waals surface area contributed by atoms with Gasteiger partial charge in [0.15, 0.2) is 0 Å². The van der Waals surface area contributed by atoms with E-state index >= 15 is 0 Å². The number of hydrogen-bond donors (Lipinski definition) is 0. The van der Waals surface area contributed by atoms with Crippen molar-refractivity contribution < 1.29 is 18.1 Å². The summed E-state index contributed by atoms with van der Waals surface area (Å²) in [5.74, 6) is 0. The standard InChI is InChI=1S/C14H19ClN4O5S/c15-12-2-1-3-13(19(20)21)14(12)16-4-6-17(7-5-16)25(22,23)18-8-10-24-11-9-18/h1-3H,4-11H2. The van der Waals surface area contributed by atoms with Gasteiger partial charge in [-0.05, 0) is 6.07 Å². The van der Waals surface area contributed by atoms with Crippen molar-refractivity contribution in [2.24, 2.45) is 0 Å². The molecule has 25 heavy (non-hydrogen) atoms. The predicted molar refractivity (Wildman–Crippen MR) is 93.2 cm³/mol. The molecule has 0 bridgehead atoms. The van der Waals surface area contributed by atoms with Crippen LogP contribution in [0.15, 0.2) is 18.2 Å². The Bertz CT molecular complexity index is 746. The van der Waals surface area contributed by atoms with E-state index in [-0.39, 0.29) is 18.8 Å². The average molecular weight is 391 g/mol. The Morgan fingerprint density at radius 3 is 2.24 bits per heavy atom. The highest BCUT2D eigenvalue weighted by Crippen LogP contribution is 2.36. The summed E-state index contributed by atoms with van der Waals surface area (Å²) in [5.41, 5.74) is 0.273. The second kappa shape index (κ2) is 7.42. The molecule has 2 aliphatic heterocycles. The predicted octanol–water partition coefficient (Wildman–Crippen LogP) is 0.947. The quantitative estimate of drug-likeness (QED) is 0.561. The molecule has 138 valence electrons. The molecule has 1 aromatic carbocycles. The molecule has 0 spiro atoms. The van der Waals surface area contributed by atoms with E-state index in [1.807, 2.05) is 0 Å². The van der Waals surface area contributed by atoms with Crippen molar-refractivity contribution in [1.82, 2.24) is 8.61 Å². The number of para-hydroxylation sites is 1. The third kappa shape index (κ3) is 3.72. The molecule has 2 aliphatic rings. The topological polar surface area (TPSA) is 96.2 Å². The smallest absolute Gasteiger partial charge is 0.294 e. The molecule has 0 amide bonds. The SMILES string of the molecule is O=[N+]([O-])c1cccc(Cl)c1N1CCN(S(=O)(=O)N2CCOCC2)CC1. The molecular weight excluding hydrogens is 372 g/mol. The van der Waals surface area contributed by atoms with Gasteiger partial charge in [-0.25, -0.2) is 0 Å².